The Morgan fingerprint density at radius 1 is 1.38 bits per heavy atom. The maximum absolute atomic E-state index is 6.17. The quantitative estimate of drug-likeness (QED) is 0.810. The zero-order valence-corrected chi connectivity index (χ0v) is 13.7. The number of nitrogens with two attached hydrogens (primary N) is 1. The van der Waals surface area contributed by atoms with Crippen molar-refractivity contribution in [2.24, 2.45) is 0 Å². The summed E-state index contributed by atoms with van der Waals surface area (Å²) in [7, 11) is 0. The molecule has 3 N–H and O–H groups in total. The summed E-state index contributed by atoms with van der Waals surface area (Å²) >= 11 is 0. The third-order valence-corrected chi connectivity index (χ3v) is 4.95. The second-order valence-corrected chi connectivity index (χ2v) is 6.27. The molecule has 0 bridgehead atoms. The monoisotopic (exact) mass is 290 g/mol. The molecule has 1 aliphatic heterocycles. The molecular weight excluding hydrogens is 260 g/mol. The van der Waals surface area contributed by atoms with E-state index in [4.69, 9.17) is 5.73 Å². The highest BCUT2D eigenvalue weighted by Gasteiger charge is 2.40. The van der Waals surface area contributed by atoms with Gasteiger partial charge in [0, 0.05) is 17.3 Å². The number of nitrogens with one attached hydrogen (secondary N) is 1. The van der Waals surface area contributed by atoms with Crippen LogP contribution in [0.15, 0.2) is 18.3 Å². The summed E-state index contributed by atoms with van der Waals surface area (Å²) < 4.78 is 0. The number of pyridine rings is 1. The SMILES string of the molecule is CCCNC(c1cccnc1N)C(C)(CC)N1CCCC1. The number of nitrogen functional groups attached to an aromatic ring is 1. The average Bonchev–Trinajstić information content (AvgIpc) is 3.03. The lowest BCUT2D eigenvalue weighted by Crippen LogP contribution is -2.53. The van der Waals surface area contributed by atoms with E-state index in [9.17, 15) is 0 Å². The van der Waals surface area contributed by atoms with E-state index in [0.29, 0.717) is 5.82 Å². The van der Waals surface area contributed by atoms with Gasteiger partial charge in [-0.05, 0) is 58.3 Å². The van der Waals surface area contributed by atoms with Gasteiger partial charge in [0.25, 0.3) is 0 Å². The summed E-state index contributed by atoms with van der Waals surface area (Å²) in [5.74, 6) is 0.657. The smallest absolute Gasteiger partial charge is 0.128 e. The van der Waals surface area contributed by atoms with Gasteiger partial charge >= 0.3 is 0 Å². The Bertz CT molecular complexity index is 442. The second kappa shape index (κ2) is 7.23. The normalized spacial score (nSPS) is 20.3. The summed E-state index contributed by atoms with van der Waals surface area (Å²) in [5, 5.41) is 3.73. The van der Waals surface area contributed by atoms with E-state index in [-0.39, 0.29) is 11.6 Å². The fraction of sp³-hybridized carbons (Fsp3) is 0.706. The summed E-state index contributed by atoms with van der Waals surface area (Å²) in [5.41, 5.74) is 7.40. The molecule has 2 heterocycles. The van der Waals surface area contributed by atoms with Gasteiger partial charge in [0.1, 0.15) is 5.82 Å². The van der Waals surface area contributed by atoms with E-state index in [1.165, 1.54) is 25.9 Å². The van der Waals surface area contributed by atoms with Crippen LogP contribution in [0.2, 0.25) is 0 Å². The van der Waals surface area contributed by atoms with Crippen molar-refractivity contribution in [3.63, 3.8) is 0 Å². The van der Waals surface area contributed by atoms with Crippen molar-refractivity contribution in [2.45, 2.75) is 58.0 Å². The Morgan fingerprint density at radius 2 is 2.10 bits per heavy atom. The lowest BCUT2D eigenvalue weighted by Gasteiger charge is -2.45. The van der Waals surface area contributed by atoms with Crippen molar-refractivity contribution >= 4 is 5.82 Å². The molecule has 1 aromatic rings. The molecule has 1 aliphatic rings. The number of hydrogen-bond donors (Lipinski definition) is 2. The van der Waals surface area contributed by atoms with Gasteiger partial charge in [-0.2, -0.15) is 0 Å². The predicted molar refractivity (Wildman–Crippen MR) is 89.2 cm³/mol. The molecule has 118 valence electrons. The molecule has 4 heteroatoms. The number of rotatable bonds is 7. The van der Waals surface area contributed by atoms with Crippen LogP contribution in [0.4, 0.5) is 5.82 Å². The molecular formula is C17H30N4. The lowest BCUT2D eigenvalue weighted by molar-refractivity contribution is 0.0841. The molecule has 0 amide bonds. The van der Waals surface area contributed by atoms with Crippen molar-refractivity contribution in [2.75, 3.05) is 25.4 Å². The first-order chi connectivity index (χ1) is 10.1. The molecule has 0 aliphatic carbocycles. The first kappa shape index (κ1) is 16.2. The third kappa shape index (κ3) is 3.38. The van der Waals surface area contributed by atoms with Crippen molar-refractivity contribution < 1.29 is 0 Å². The van der Waals surface area contributed by atoms with Crippen LogP contribution in [0.5, 0.6) is 0 Å². The van der Waals surface area contributed by atoms with Crippen LogP contribution in [0.1, 0.15) is 58.1 Å². The van der Waals surface area contributed by atoms with Gasteiger partial charge < -0.3 is 11.1 Å². The Hall–Kier alpha value is -1.13. The molecule has 4 nitrogen and oxygen atoms in total. The fourth-order valence-corrected chi connectivity index (χ4v) is 3.47. The molecule has 0 spiro atoms. The topological polar surface area (TPSA) is 54.2 Å². The van der Waals surface area contributed by atoms with E-state index in [1.54, 1.807) is 6.20 Å². The Kier molecular flexibility index (Phi) is 5.59. The van der Waals surface area contributed by atoms with E-state index in [1.807, 2.05) is 6.07 Å². The standard InChI is InChI=1S/C17H30N4/c1-4-10-19-15(14-9-8-11-20-16(14)18)17(3,5-2)21-12-6-7-13-21/h8-9,11,15,19H,4-7,10,12-13H2,1-3H3,(H2,18,20). The minimum atomic E-state index is 0.0861. The van der Waals surface area contributed by atoms with Crippen LogP contribution in [0, 0.1) is 0 Å². The number of anilines is 1. The molecule has 21 heavy (non-hydrogen) atoms. The number of likely N-dealkylation sites (tertiary alicyclic amines) is 1. The number of aromatic nitrogens is 1. The predicted octanol–water partition coefficient (Wildman–Crippen LogP) is 2.97. The first-order valence-corrected chi connectivity index (χ1v) is 8.32. The highest BCUT2D eigenvalue weighted by atomic mass is 15.2. The van der Waals surface area contributed by atoms with Crippen LogP contribution in [0.3, 0.4) is 0 Å². The molecule has 2 rings (SSSR count). The molecule has 1 aromatic heterocycles. The number of hydrogen-bond acceptors (Lipinski definition) is 4. The summed E-state index contributed by atoms with van der Waals surface area (Å²) in [6.45, 7) is 10.2. The Labute approximate surface area is 129 Å². The van der Waals surface area contributed by atoms with Gasteiger partial charge in [-0.15, -0.1) is 0 Å². The van der Waals surface area contributed by atoms with Crippen molar-refractivity contribution in [3.05, 3.63) is 23.9 Å². The molecule has 1 fully saturated rings. The molecule has 1 saturated heterocycles. The maximum atomic E-state index is 6.17. The molecule has 0 radical (unpaired) electrons. The Morgan fingerprint density at radius 3 is 2.67 bits per heavy atom. The van der Waals surface area contributed by atoms with Crippen LogP contribution in [0.25, 0.3) is 0 Å². The van der Waals surface area contributed by atoms with Crippen LogP contribution in [-0.4, -0.2) is 35.1 Å². The summed E-state index contributed by atoms with van der Waals surface area (Å²) in [6.07, 6.45) is 6.60. The summed E-state index contributed by atoms with van der Waals surface area (Å²) in [4.78, 5) is 6.93. The van der Waals surface area contributed by atoms with Crippen LogP contribution >= 0.6 is 0 Å². The van der Waals surface area contributed by atoms with Gasteiger partial charge in [-0.3, -0.25) is 4.90 Å². The third-order valence-electron chi connectivity index (χ3n) is 4.95. The minimum absolute atomic E-state index is 0.0861. The molecule has 2 unspecified atom stereocenters. The second-order valence-electron chi connectivity index (χ2n) is 6.27. The molecule has 2 atom stereocenters. The summed E-state index contributed by atoms with van der Waals surface area (Å²) in [6, 6.07) is 4.35. The van der Waals surface area contributed by atoms with Gasteiger partial charge in [0.2, 0.25) is 0 Å². The molecule has 0 saturated carbocycles. The lowest BCUT2D eigenvalue weighted by atomic mass is 9.83. The van der Waals surface area contributed by atoms with Crippen molar-refractivity contribution in [1.82, 2.24) is 15.2 Å². The number of nitrogens with zero attached hydrogens (tertiary/aromatic N) is 2. The van der Waals surface area contributed by atoms with E-state index in [2.05, 4.69) is 42.0 Å². The van der Waals surface area contributed by atoms with Gasteiger partial charge in [0.15, 0.2) is 0 Å². The van der Waals surface area contributed by atoms with Crippen molar-refractivity contribution in [1.29, 1.82) is 0 Å². The zero-order valence-electron chi connectivity index (χ0n) is 13.7. The first-order valence-electron chi connectivity index (χ1n) is 8.32. The van der Waals surface area contributed by atoms with Crippen LogP contribution < -0.4 is 11.1 Å². The van der Waals surface area contributed by atoms with Crippen LogP contribution in [-0.2, 0) is 0 Å². The highest BCUT2D eigenvalue weighted by molar-refractivity contribution is 5.42. The van der Waals surface area contributed by atoms with E-state index in [0.717, 1.165) is 24.9 Å². The van der Waals surface area contributed by atoms with Gasteiger partial charge in [-0.1, -0.05) is 19.9 Å². The van der Waals surface area contributed by atoms with E-state index >= 15 is 0 Å². The zero-order chi connectivity index (χ0) is 15.3. The average molecular weight is 290 g/mol. The van der Waals surface area contributed by atoms with Gasteiger partial charge in [0.05, 0.1) is 6.04 Å². The largest absolute Gasteiger partial charge is 0.383 e. The van der Waals surface area contributed by atoms with Gasteiger partial charge in [-0.25, -0.2) is 4.98 Å². The Balaban J connectivity index is 2.35. The fourth-order valence-electron chi connectivity index (χ4n) is 3.47. The van der Waals surface area contributed by atoms with Crippen molar-refractivity contribution in [3.8, 4) is 0 Å². The molecule has 0 aromatic carbocycles. The minimum Gasteiger partial charge on any atom is -0.383 e. The highest BCUT2D eigenvalue weighted by Crippen LogP contribution is 2.37. The maximum Gasteiger partial charge on any atom is 0.128 e. The van der Waals surface area contributed by atoms with E-state index < -0.39 is 0 Å².